The molecule has 3 N–H and O–H groups in total. The topological polar surface area (TPSA) is 123 Å². The number of likely N-dealkylation sites (tertiary alicyclic amines) is 1. The van der Waals surface area contributed by atoms with Crippen LogP contribution in [0.5, 0.6) is 0 Å². The van der Waals surface area contributed by atoms with Crippen LogP contribution in [0.15, 0.2) is 79.1 Å². The fraction of sp³-hybridized carbons (Fsp3) is 0.303. The molecule has 0 radical (unpaired) electrons. The number of imidazole rings is 1. The van der Waals surface area contributed by atoms with E-state index < -0.39 is 5.97 Å². The Kier molecular flexibility index (Phi) is 6.87. The van der Waals surface area contributed by atoms with Crippen molar-refractivity contribution in [2.45, 2.75) is 31.6 Å². The summed E-state index contributed by atoms with van der Waals surface area (Å²) in [5.74, 6) is 1.28. The van der Waals surface area contributed by atoms with Crippen LogP contribution in [0.3, 0.4) is 0 Å². The number of carboxylic acids is 1. The van der Waals surface area contributed by atoms with E-state index in [9.17, 15) is 9.90 Å². The third kappa shape index (κ3) is 5.00. The first-order valence-corrected chi connectivity index (χ1v) is 14.6. The van der Waals surface area contributed by atoms with Gasteiger partial charge in [-0.05, 0) is 68.0 Å². The summed E-state index contributed by atoms with van der Waals surface area (Å²) in [4.78, 5) is 32.9. The van der Waals surface area contributed by atoms with E-state index >= 15 is 0 Å². The van der Waals surface area contributed by atoms with Gasteiger partial charge in [0.1, 0.15) is 11.3 Å². The zero-order chi connectivity index (χ0) is 28.6. The third-order valence-corrected chi connectivity index (χ3v) is 8.77. The predicted molar refractivity (Wildman–Crippen MR) is 162 cm³/mol. The maximum atomic E-state index is 11.3. The van der Waals surface area contributed by atoms with Crippen LogP contribution in [0.25, 0.3) is 39.5 Å². The van der Waals surface area contributed by atoms with Crippen LogP contribution in [-0.2, 0) is 4.79 Å². The van der Waals surface area contributed by atoms with Crippen LogP contribution in [-0.4, -0.2) is 60.1 Å². The number of nitrogens with two attached hydrogens (primary N) is 1. The van der Waals surface area contributed by atoms with Crippen molar-refractivity contribution in [3.05, 3.63) is 84.8 Å². The fourth-order valence-corrected chi connectivity index (χ4v) is 6.39. The Morgan fingerprint density at radius 1 is 0.905 bits per heavy atom. The first-order chi connectivity index (χ1) is 20.5. The van der Waals surface area contributed by atoms with Gasteiger partial charge in [0, 0.05) is 43.0 Å². The Hall–Kier alpha value is -4.63. The molecule has 2 fully saturated rings. The van der Waals surface area contributed by atoms with E-state index in [0.717, 1.165) is 84.7 Å². The summed E-state index contributed by atoms with van der Waals surface area (Å²) < 4.78 is 2.02. The molecule has 5 aromatic rings. The maximum absolute atomic E-state index is 11.3. The Bertz CT molecular complexity index is 1720. The number of hydrogen-bond acceptors (Lipinski definition) is 7. The van der Waals surface area contributed by atoms with Crippen molar-refractivity contribution in [3.63, 3.8) is 0 Å². The lowest BCUT2D eigenvalue weighted by molar-refractivity contribution is -0.143. The average molecular weight is 560 g/mol. The number of anilines is 1. The molecule has 0 amide bonds. The van der Waals surface area contributed by atoms with E-state index in [0.29, 0.717) is 23.5 Å². The van der Waals surface area contributed by atoms with Crippen LogP contribution in [0.4, 0.5) is 5.82 Å². The minimum Gasteiger partial charge on any atom is -0.481 e. The number of benzene rings is 1. The number of nitrogen functional groups attached to an aromatic ring is 1. The first kappa shape index (κ1) is 26.3. The number of aliphatic carboxylic acids is 1. The van der Waals surface area contributed by atoms with Crippen molar-refractivity contribution in [1.82, 2.24) is 29.4 Å². The molecule has 5 heterocycles. The van der Waals surface area contributed by atoms with Gasteiger partial charge in [-0.25, -0.2) is 15.0 Å². The lowest BCUT2D eigenvalue weighted by Crippen LogP contribution is -2.47. The quantitative estimate of drug-likeness (QED) is 0.271. The highest BCUT2D eigenvalue weighted by Crippen LogP contribution is 2.35. The normalized spacial score (nSPS) is 19.5. The number of rotatable bonds is 7. The average Bonchev–Trinajstić information content (AvgIpc) is 3.38. The van der Waals surface area contributed by atoms with Crippen molar-refractivity contribution in [1.29, 1.82) is 0 Å². The van der Waals surface area contributed by atoms with Crippen molar-refractivity contribution in [2.75, 3.05) is 25.4 Å². The Morgan fingerprint density at radius 3 is 2.43 bits per heavy atom. The summed E-state index contributed by atoms with van der Waals surface area (Å²) in [7, 11) is 0. The summed E-state index contributed by atoms with van der Waals surface area (Å²) in [6.07, 6.45) is 7.20. The summed E-state index contributed by atoms with van der Waals surface area (Å²) in [6.45, 7) is 3.02. The van der Waals surface area contributed by atoms with E-state index in [1.165, 1.54) is 0 Å². The SMILES string of the molecule is Nc1ncccc1-c1nc2ccc(-c3ccccc3)nc2n1-c1ccc(C2CN(CC3CCC(C(=O)O)CC3)C2)nc1. The molecule has 212 valence electrons. The van der Waals surface area contributed by atoms with Crippen molar-refractivity contribution in [3.8, 4) is 28.3 Å². The number of aromatic nitrogens is 5. The van der Waals surface area contributed by atoms with Gasteiger partial charge >= 0.3 is 5.97 Å². The molecule has 0 spiro atoms. The van der Waals surface area contributed by atoms with E-state index in [4.69, 9.17) is 20.7 Å². The van der Waals surface area contributed by atoms with Gasteiger partial charge < -0.3 is 15.7 Å². The molecule has 42 heavy (non-hydrogen) atoms. The Morgan fingerprint density at radius 2 is 1.71 bits per heavy atom. The van der Waals surface area contributed by atoms with E-state index in [1.807, 2.05) is 65.4 Å². The Balaban J connectivity index is 1.14. The molecule has 1 aromatic carbocycles. The molecule has 1 saturated heterocycles. The van der Waals surface area contributed by atoms with Crippen molar-refractivity contribution in [2.24, 2.45) is 11.8 Å². The number of carbonyl (C=O) groups is 1. The molecule has 7 rings (SSSR count). The summed E-state index contributed by atoms with van der Waals surface area (Å²) >= 11 is 0. The number of nitrogens with zero attached hydrogens (tertiary/aromatic N) is 6. The van der Waals surface area contributed by atoms with Gasteiger partial charge in [-0.3, -0.25) is 14.3 Å². The van der Waals surface area contributed by atoms with Gasteiger partial charge in [0.15, 0.2) is 11.5 Å². The summed E-state index contributed by atoms with van der Waals surface area (Å²) in [5, 5.41) is 9.27. The molecule has 1 saturated carbocycles. The van der Waals surface area contributed by atoms with Crippen LogP contribution in [0, 0.1) is 11.8 Å². The van der Waals surface area contributed by atoms with Crippen LogP contribution in [0.2, 0.25) is 0 Å². The van der Waals surface area contributed by atoms with Gasteiger partial charge in [-0.15, -0.1) is 0 Å². The molecule has 9 heteroatoms. The van der Waals surface area contributed by atoms with Gasteiger partial charge in [0.25, 0.3) is 0 Å². The number of fused-ring (bicyclic) bond motifs is 1. The van der Waals surface area contributed by atoms with E-state index in [-0.39, 0.29) is 5.92 Å². The van der Waals surface area contributed by atoms with E-state index in [2.05, 4.69) is 22.0 Å². The van der Waals surface area contributed by atoms with Gasteiger partial charge in [0.2, 0.25) is 0 Å². The highest BCUT2D eigenvalue weighted by Gasteiger charge is 2.33. The molecule has 9 nitrogen and oxygen atoms in total. The molecule has 2 aliphatic rings. The fourth-order valence-electron chi connectivity index (χ4n) is 6.39. The molecule has 0 bridgehead atoms. The van der Waals surface area contributed by atoms with Crippen molar-refractivity contribution < 1.29 is 9.90 Å². The van der Waals surface area contributed by atoms with Gasteiger partial charge in [0.05, 0.1) is 29.1 Å². The molecular weight excluding hydrogens is 526 g/mol. The van der Waals surface area contributed by atoms with Crippen LogP contribution in [0.1, 0.15) is 37.3 Å². The van der Waals surface area contributed by atoms with Gasteiger partial charge in [-0.1, -0.05) is 30.3 Å². The molecule has 0 unspecified atom stereocenters. The predicted octanol–water partition coefficient (Wildman–Crippen LogP) is 5.42. The molecule has 4 aromatic heterocycles. The second-order valence-corrected chi connectivity index (χ2v) is 11.5. The minimum absolute atomic E-state index is 0.157. The lowest BCUT2D eigenvalue weighted by atomic mass is 9.81. The summed E-state index contributed by atoms with van der Waals surface area (Å²) in [6, 6.07) is 22.1. The number of carboxylic acid groups (broad SMARTS) is 1. The monoisotopic (exact) mass is 559 g/mol. The lowest BCUT2D eigenvalue weighted by Gasteiger charge is -2.42. The second kappa shape index (κ2) is 11.0. The number of hydrogen-bond donors (Lipinski definition) is 2. The van der Waals surface area contributed by atoms with E-state index in [1.54, 1.807) is 6.20 Å². The molecule has 1 aliphatic heterocycles. The first-order valence-electron chi connectivity index (χ1n) is 14.6. The largest absolute Gasteiger partial charge is 0.481 e. The molecule has 1 aliphatic carbocycles. The highest BCUT2D eigenvalue weighted by molar-refractivity contribution is 5.84. The van der Waals surface area contributed by atoms with Crippen LogP contribution >= 0.6 is 0 Å². The van der Waals surface area contributed by atoms with Gasteiger partial charge in [-0.2, -0.15) is 0 Å². The molecular formula is C33H33N7O2. The Labute approximate surface area is 244 Å². The molecule has 0 atom stereocenters. The summed E-state index contributed by atoms with van der Waals surface area (Å²) in [5.41, 5.74) is 12.4. The smallest absolute Gasteiger partial charge is 0.306 e. The minimum atomic E-state index is -0.640. The second-order valence-electron chi connectivity index (χ2n) is 11.5. The maximum Gasteiger partial charge on any atom is 0.306 e. The zero-order valence-electron chi connectivity index (χ0n) is 23.3. The van der Waals surface area contributed by atoms with Crippen LogP contribution < -0.4 is 5.73 Å². The standard InChI is InChI=1S/C33H33N7O2/c34-30-26(7-4-16-35-30)31-38-29-15-14-28(22-5-2-1-3-6-22)37-32(29)40(31)25-12-13-27(36-17-25)24-19-39(20-24)18-21-8-10-23(11-9-21)33(41)42/h1-7,12-17,21,23-24H,8-11,18-20H2,(H2,34,35)(H,41,42). The van der Waals surface area contributed by atoms with Crippen molar-refractivity contribution >= 4 is 23.0 Å². The highest BCUT2D eigenvalue weighted by atomic mass is 16.4. The third-order valence-electron chi connectivity index (χ3n) is 8.77. The number of pyridine rings is 3. The zero-order valence-corrected chi connectivity index (χ0v) is 23.3.